The van der Waals surface area contributed by atoms with Crippen LogP contribution in [0.15, 0.2) is 42.5 Å². The molecule has 0 radical (unpaired) electrons. The van der Waals surface area contributed by atoms with Crippen LogP contribution in [0.5, 0.6) is 17.2 Å². The van der Waals surface area contributed by atoms with Crippen molar-refractivity contribution < 1.29 is 32.0 Å². The summed E-state index contributed by atoms with van der Waals surface area (Å²) in [4.78, 5) is 15.0. The van der Waals surface area contributed by atoms with E-state index in [1.54, 1.807) is 24.0 Å². The first-order valence-corrected chi connectivity index (χ1v) is 11.8. The van der Waals surface area contributed by atoms with Gasteiger partial charge in [0.15, 0.2) is 11.5 Å². The third kappa shape index (κ3) is 4.27. The van der Waals surface area contributed by atoms with E-state index in [0.29, 0.717) is 35.8 Å². The van der Waals surface area contributed by atoms with E-state index in [4.69, 9.17) is 14.2 Å². The second-order valence-electron chi connectivity index (χ2n) is 7.82. The van der Waals surface area contributed by atoms with Crippen LogP contribution < -0.4 is 14.2 Å². The van der Waals surface area contributed by atoms with Crippen molar-refractivity contribution in [2.24, 2.45) is 0 Å². The van der Waals surface area contributed by atoms with E-state index in [2.05, 4.69) is 0 Å². The van der Waals surface area contributed by atoms with E-state index in [1.807, 2.05) is 30.3 Å². The first-order chi connectivity index (χ1) is 15.2. The fourth-order valence-electron chi connectivity index (χ4n) is 4.73. The number of likely N-dealkylation sites (tertiary alicyclic amines) is 1. The molecular formula is C23H29NO7S. The van der Waals surface area contributed by atoms with Crippen molar-refractivity contribution >= 4 is 16.0 Å². The number of amides is 1. The molecule has 0 saturated carbocycles. The summed E-state index contributed by atoms with van der Waals surface area (Å²) in [6, 6.07) is 12.4. The van der Waals surface area contributed by atoms with Crippen LogP contribution in [0.4, 0.5) is 0 Å². The van der Waals surface area contributed by atoms with E-state index in [1.165, 1.54) is 21.3 Å². The van der Waals surface area contributed by atoms with Crippen molar-refractivity contribution in [2.75, 3.05) is 34.4 Å². The number of nitrogens with zero attached hydrogens (tertiary/aromatic N) is 1. The second kappa shape index (κ2) is 9.38. The Morgan fingerprint density at radius 1 is 1.09 bits per heavy atom. The zero-order chi connectivity index (χ0) is 23.5. The lowest BCUT2D eigenvalue weighted by Crippen LogP contribution is -2.46. The van der Waals surface area contributed by atoms with Crippen LogP contribution in [0.25, 0.3) is 0 Å². The number of rotatable bonds is 8. The summed E-state index contributed by atoms with van der Waals surface area (Å²) < 4.78 is 50.7. The first-order valence-electron chi connectivity index (χ1n) is 10.3. The summed E-state index contributed by atoms with van der Waals surface area (Å²) in [6.45, 7) is 2.23. The average Bonchev–Trinajstić information content (AvgIpc) is 3.23. The van der Waals surface area contributed by atoms with Gasteiger partial charge >= 0.3 is 0 Å². The molecule has 2 atom stereocenters. The number of methoxy groups -OCH3 is 3. The van der Waals surface area contributed by atoms with Crippen LogP contribution in [0, 0.1) is 0 Å². The second-order valence-corrected chi connectivity index (χ2v) is 9.42. The van der Waals surface area contributed by atoms with E-state index in [0.717, 1.165) is 5.56 Å². The number of carbonyl (C=O) groups is 1. The molecule has 32 heavy (non-hydrogen) atoms. The summed E-state index contributed by atoms with van der Waals surface area (Å²) in [5, 5.41) is -1.03. The molecule has 3 rings (SSSR count). The largest absolute Gasteiger partial charge is 0.493 e. The van der Waals surface area contributed by atoms with E-state index >= 15 is 0 Å². The van der Waals surface area contributed by atoms with Crippen molar-refractivity contribution in [3.8, 4) is 17.2 Å². The molecule has 1 aliphatic heterocycles. The molecule has 0 spiro atoms. The van der Waals surface area contributed by atoms with Gasteiger partial charge in [-0.1, -0.05) is 37.3 Å². The van der Waals surface area contributed by atoms with Gasteiger partial charge in [-0.25, -0.2) is 0 Å². The number of ether oxygens (including phenoxy) is 3. The lowest BCUT2D eigenvalue weighted by atomic mass is 9.75. The third-order valence-electron chi connectivity index (χ3n) is 6.20. The van der Waals surface area contributed by atoms with Gasteiger partial charge in [-0.05, 0) is 30.5 Å². The zero-order valence-electron chi connectivity index (χ0n) is 18.7. The van der Waals surface area contributed by atoms with Crippen LogP contribution in [-0.4, -0.2) is 63.4 Å². The minimum atomic E-state index is -4.34. The van der Waals surface area contributed by atoms with Crippen LogP contribution in [0.2, 0.25) is 0 Å². The summed E-state index contributed by atoms with van der Waals surface area (Å²) >= 11 is 0. The molecule has 2 aromatic carbocycles. The number of hydrogen-bond acceptors (Lipinski definition) is 6. The monoisotopic (exact) mass is 463 g/mol. The Kier molecular flexibility index (Phi) is 7.00. The predicted molar refractivity (Wildman–Crippen MR) is 120 cm³/mol. The third-order valence-corrected chi connectivity index (χ3v) is 7.70. The summed E-state index contributed by atoms with van der Waals surface area (Å²) in [5.41, 5.74) is 0.202. The Morgan fingerprint density at radius 3 is 2.16 bits per heavy atom. The number of benzene rings is 2. The normalized spacial score (nSPS) is 19.5. The quantitative estimate of drug-likeness (QED) is 0.600. The molecule has 0 aliphatic carbocycles. The van der Waals surface area contributed by atoms with Gasteiger partial charge in [0.2, 0.25) is 5.75 Å². The molecule has 9 heteroatoms. The average molecular weight is 464 g/mol. The van der Waals surface area contributed by atoms with E-state index in [-0.39, 0.29) is 18.9 Å². The minimum Gasteiger partial charge on any atom is -0.493 e. The topological polar surface area (TPSA) is 102 Å². The van der Waals surface area contributed by atoms with E-state index in [9.17, 15) is 17.8 Å². The Labute approximate surface area is 188 Å². The van der Waals surface area contributed by atoms with Gasteiger partial charge < -0.3 is 19.1 Å². The van der Waals surface area contributed by atoms with Gasteiger partial charge in [-0.15, -0.1) is 0 Å². The maximum atomic E-state index is 13.4. The van der Waals surface area contributed by atoms with Crippen molar-refractivity contribution in [3.63, 3.8) is 0 Å². The molecule has 1 amide bonds. The Balaban J connectivity index is 2.03. The molecule has 0 bridgehead atoms. The van der Waals surface area contributed by atoms with Crippen molar-refractivity contribution in [1.82, 2.24) is 4.90 Å². The molecule has 1 N–H and O–H groups in total. The maximum absolute atomic E-state index is 13.4. The van der Waals surface area contributed by atoms with Crippen LogP contribution in [0.1, 0.15) is 35.7 Å². The molecule has 2 aromatic rings. The Hall–Kier alpha value is -2.78. The minimum absolute atomic E-state index is 0.158. The molecular weight excluding hydrogens is 434 g/mol. The van der Waals surface area contributed by atoms with E-state index < -0.39 is 20.8 Å². The summed E-state index contributed by atoms with van der Waals surface area (Å²) in [6.07, 6.45) is 0.630. The van der Waals surface area contributed by atoms with Gasteiger partial charge in [0.05, 0.1) is 26.6 Å². The molecule has 174 valence electrons. The highest BCUT2D eigenvalue weighted by molar-refractivity contribution is 7.86. The fourth-order valence-corrected chi connectivity index (χ4v) is 6.05. The van der Waals surface area contributed by atoms with Gasteiger partial charge in [-0.3, -0.25) is 9.35 Å². The molecule has 8 nitrogen and oxygen atoms in total. The van der Waals surface area contributed by atoms with Crippen LogP contribution in [-0.2, 0) is 15.5 Å². The maximum Gasteiger partial charge on any atom is 0.268 e. The molecule has 1 aliphatic rings. The smallest absolute Gasteiger partial charge is 0.268 e. The molecule has 2 unspecified atom stereocenters. The SMILES string of the molecule is CCC(C1(c2ccccc2)CCN(C(=O)c2cc(OC)c(OC)c(OC)c2)C1)S(=O)(=O)O. The molecule has 0 aromatic heterocycles. The molecule has 1 heterocycles. The number of carbonyl (C=O) groups excluding carboxylic acids is 1. The van der Waals surface area contributed by atoms with Gasteiger partial charge in [0.1, 0.15) is 0 Å². The molecule has 1 saturated heterocycles. The highest BCUT2D eigenvalue weighted by atomic mass is 32.2. The predicted octanol–water partition coefficient (Wildman–Crippen LogP) is 3.16. The van der Waals surface area contributed by atoms with Gasteiger partial charge in [-0.2, -0.15) is 8.42 Å². The van der Waals surface area contributed by atoms with Gasteiger partial charge in [0.25, 0.3) is 16.0 Å². The number of hydrogen-bond donors (Lipinski definition) is 1. The van der Waals surface area contributed by atoms with Crippen LogP contribution in [0.3, 0.4) is 0 Å². The van der Waals surface area contributed by atoms with Crippen molar-refractivity contribution in [2.45, 2.75) is 30.4 Å². The lowest BCUT2D eigenvalue weighted by Gasteiger charge is -2.35. The summed E-state index contributed by atoms with van der Waals surface area (Å²) in [7, 11) is 0.0833. The molecule has 1 fully saturated rings. The zero-order valence-corrected chi connectivity index (χ0v) is 19.5. The van der Waals surface area contributed by atoms with Crippen LogP contribution >= 0.6 is 0 Å². The Bertz CT molecular complexity index is 1050. The highest BCUT2D eigenvalue weighted by Gasteiger charge is 2.51. The van der Waals surface area contributed by atoms with Gasteiger partial charge in [0, 0.05) is 24.1 Å². The Morgan fingerprint density at radius 2 is 1.69 bits per heavy atom. The van der Waals surface area contributed by atoms with Crippen molar-refractivity contribution in [1.29, 1.82) is 0 Å². The summed E-state index contributed by atoms with van der Waals surface area (Å²) in [5.74, 6) is 0.803. The lowest BCUT2D eigenvalue weighted by molar-refractivity contribution is 0.0781. The van der Waals surface area contributed by atoms with Crippen molar-refractivity contribution in [3.05, 3.63) is 53.6 Å². The fraction of sp³-hybridized carbons (Fsp3) is 0.435. The highest BCUT2D eigenvalue weighted by Crippen LogP contribution is 2.43. The first kappa shape index (κ1) is 23.9. The standard InChI is InChI=1S/C23H29NO7S/c1-5-20(32(26,27)28)23(17-9-7-6-8-10-17)11-12-24(15-23)22(25)16-13-18(29-2)21(31-4)19(14-16)30-3/h6-10,13-14,20H,5,11-12,15H2,1-4H3,(H,26,27,28).